The van der Waals surface area contributed by atoms with Crippen LogP contribution in [0.2, 0.25) is 0 Å². The van der Waals surface area contributed by atoms with Crippen molar-refractivity contribution in [3.05, 3.63) is 97.1 Å². The highest BCUT2D eigenvalue weighted by Gasteiger charge is 2.31. The molecule has 0 radical (unpaired) electrons. The van der Waals surface area contributed by atoms with E-state index >= 15 is 0 Å². The normalized spacial score (nSPS) is 16.5. The van der Waals surface area contributed by atoms with Crippen molar-refractivity contribution < 1.29 is 4.39 Å². The van der Waals surface area contributed by atoms with Gasteiger partial charge in [0.25, 0.3) is 0 Å². The lowest BCUT2D eigenvalue weighted by Gasteiger charge is -2.25. The van der Waals surface area contributed by atoms with Gasteiger partial charge in [0.05, 0.1) is 17.4 Å². The zero-order valence-corrected chi connectivity index (χ0v) is 18.8. The van der Waals surface area contributed by atoms with E-state index in [0.717, 1.165) is 42.4 Å². The molecule has 0 N–H and O–H groups in total. The van der Waals surface area contributed by atoms with Crippen LogP contribution in [0.1, 0.15) is 23.6 Å². The van der Waals surface area contributed by atoms with Gasteiger partial charge in [-0.15, -0.1) is 0 Å². The first kappa shape index (κ1) is 18.8. The van der Waals surface area contributed by atoms with Crippen molar-refractivity contribution in [1.82, 2.24) is 0 Å². The SMILES string of the molecule is Fc1ccc(C2CC(c3ccc(Br)cc3)=NN2c2ccc(Br)cc2Br)cc1. The maximum absolute atomic E-state index is 13.4. The van der Waals surface area contributed by atoms with Crippen molar-refractivity contribution in [1.29, 1.82) is 0 Å². The van der Waals surface area contributed by atoms with Crippen LogP contribution in [0.3, 0.4) is 0 Å². The number of benzene rings is 3. The van der Waals surface area contributed by atoms with Gasteiger partial charge in [0.2, 0.25) is 0 Å². The van der Waals surface area contributed by atoms with Crippen LogP contribution < -0.4 is 5.01 Å². The number of anilines is 1. The topological polar surface area (TPSA) is 15.6 Å². The van der Waals surface area contributed by atoms with Gasteiger partial charge in [-0.2, -0.15) is 5.10 Å². The fourth-order valence-corrected chi connectivity index (χ4v) is 4.65. The smallest absolute Gasteiger partial charge is 0.123 e. The largest absolute Gasteiger partial charge is 0.256 e. The minimum Gasteiger partial charge on any atom is -0.256 e. The van der Waals surface area contributed by atoms with Crippen molar-refractivity contribution in [2.75, 3.05) is 5.01 Å². The molecule has 2 nitrogen and oxygen atoms in total. The Morgan fingerprint density at radius 3 is 2.19 bits per heavy atom. The van der Waals surface area contributed by atoms with Crippen LogP contribution in [-0.2, 0) is 0 Å². The summed E-state index contributed by atoms with van der Waals surface area (Å²) < 4.78 is 16.4. The molecule has 1 unspecified atom stereocenters. The third-order valence-corrected chi connectivity index (χ3v) is 6.16. The molecule has 3 aromatic rings. The highest BCUT2D eigenvalue weighted by Crippen LogP contribution is 2.40. The van der Waals surface area contributed by atoms with Crippen LogP contribution in [0.15, 0.2) is 85.2 Å². The van der Waals surface area contributed by atoms with E-state index in [1.807, 2.05) is 47.5 Å². The zero-order valence-electron chi connectivity index (χ0n) is 14.0. The molecule has 4 rings (SSSR count). The predicted molar refractivity (Wildman–Crippen MR) is 119 cm³/mol. The lowest BCUT2D eigenvalue weighted by atomic mass is 9.98. The summed E-state index contributed by atoms with van der Waals surface area (Å²) in [5.74, 6) is -0.234. The third kappa shape index (κ3) is 4.03. The van der Waals surface area contributed by atoms with Crippen molar-refractivity contribution >= 4 is 59.2 Å². The summed E-state index contributed by atoms with van der Waals surface area (Å²) in [7, 11) is 0. The highest BCUT2D eigenvalue weighted by atomic mass is 79.9. The number of nitrogens with zero attached hydrogens (tertiary/aromatic N) is 2. The van der Waals surface area contributed by atoms with Gasteiger partial charge in [-0.05, 0) is 69.5 Å². The number of hydrazone groups is 1. The minimum atomic E-state index is -0.234. The van der Waals surface area contributed by atoms with E-state index < -0.39 is 0 Å². The van der Waals surface area contributed by atoms with E-state index in [0.29, 0.717) is 0 Å². The number of hydrogen-bond donors (Lipinski definition) is 0. The first-order valence-electron chi connectivity index (χ1n) is 8.34. The molecular formula is C21H14Br3FN2. The molecule has 0 saturated heterocycles. The standard InChI is InChI=1S/C21H14Br3FN2/c22-15-5-1-13(2-6-15)19-12-21(14-3-8-17(25)9-4-14)27(26-19)20-10-7-16(23)11-18(20)24/h1-11,21H,12H2. The summed E-state index contributed by atoms with van der Waals surface area (Å²) in [5, 5.41) is 6.94. The average molecular weight is 553 g/mol. The lowest BCUT2D eigenvalue weighted by Crippen LogP contribution is -2.19. The number of halogens is 4. The first-order chi connectivity index (χ1) is 13.0. The molecule has 0 fully saturated rings. The van der Waals surface area contributed by atoms with Crippen molar-refractivity contribution in [2.24, 2.45) is 5.10 Å². The quantitative estimate of drug-likeness (QED) is 0.329. The fraction of sp³-hybridized carbons (Fsp3) is 0.0952. The van der Waals surface area contributed by atoms with Gasteiger partial charge in [0.15, 0.2) is 0 Å². The zero-order chi connectivity index (χ0) is 19.0. The van der Waals surface area contributed by atoms with Crippen molar-refractivity contribution in [3.63, 3.8) is 0 Å². The summed E-state index contributed by atoms with van der Waals surface area (Å²) in [6, 6.07) is 20.9. The molecule has 27 heavy (non-hydrogen) atoms. The number of rotatable bonds is 3. The summed E-state index contributed by atoms with van der Waals surface area (Å²) in [6.07, 6.45) is 0.746. The van der Waals surface area contributed by atoms with Gasteiger partial charge < -0.3 is 0 Å². The Labute approximate surface area is 182 Å². The Morgan fingerprint density at radius 2 is 1.52 bits per heavy atom. The molecule has 0 spiro atoms. The van der Waals surface area contributed by atoms with Crippen LogP contribution >= 0.6 is 47.8 Å². The molecule has 1 aliphatic rings. The number of hydrogen-bond acceptors (Lipinski definition) is 2. The molecule has 136 valence electrons. The van der Waals surface area contributed by atoms with Crippen LogP contribution in [0.5, 0.6) is 0 Å². The van der Waals surface area contributed by atoms with E-state index in [9.17, 15) is 4.39 Å². The van der Waals surface area contributed by atoms with Crippen LogP contribution in [-0.4, -0.2) is 5.71 Å². The minimum absolute atomic E-state index is 0.00159. The molecule has 0 amide bonds. The summed E-state index contributed by atoms with van der Waals surface area (Å²) in [6.45, 7) is 0. The Hall–Kier alpha value is -1.50. The van der Waals surface area contributed by atoms with Crippen molar-refractivity contribution in [2.45, 2.75) is 12.5 Å². The fourth-order valence-electron chi connectivity index (χ4n) is 3.16. The van der Waals surface area contributed by atoms with Gasteiger partial charge in [-0.3, -0.25) is 5.01 Å². The molecule has 0 saturated carbocycles. The van der Waals surface area contributed by atoms with Gasteiger partial charge in [0, 0.05) is 19.8 Å². The first-order valence-corrected chi connectivity index (χ1v) is 10.7. The molecule has 0 bridgehead atoms. The maximum Gasteiger partial charge on any atom is 0.123 e. The molecule has 3 aromatic carbocycles. The molecule has 1 heterocycles. The third-order valence-electron chi connectivity index (χ3n) is 4.50. The Morgan fingerprint density at radius 1 is 0.852 bits per heavy atom. The van der Waals surface area contributed by atoms with E-state index in [4.69, 9.17) is 5.10 Å². The predicted octanol–water partition coefficient (Wildman–Crippen LogP) is 7.47. The molecule has 0 aliphatic carbocycles. The van der Waals surface area contributed by atoms with E-state index in [2.05, 4.69) is 59.9 Å². The van der Waals surface area contributed by atoms with Crippen LogP contribution in [0.25, 0.3) is 0 Å². The van der Waals surface area contributed by atoms with Gasteiger partial charge in [-0.1, -0.05) is 56.1 Å². The maximum atomic E-state index is 13.4. The molecule has 6 heteroatoms. The van der Waals surface area contributed by atoms with Gasteiger partial charge >= 0.3 is 0 Å². The Balaban J connectivity index is 1.78. The summed E-state index contributed by atoms with van der Waals surface area (Å²) >= 11 is 10.6. The molecule has 0 aromatic heterocycles. The highest BCUT2D eigenvalue weighted by molar-refractivity contribution is 9.11. The Kier molecular flexibility index (Phi) is 5.48. The monoisotopic (exact) mass is 550 g/mol. The van der Waals surface area contributed by atoms with Gasteiger partial charge in [0.1, 0.15) is 5.82 Å². The summed E-state index contributed by atoms with van der Waals surface area (Å²) in [4.78, 5) is 0. The molecule has 1 aliphatic heterocycles. The average Bonchev–Trinajstić information content (AvgIpc) is 3.08. The second-order valence-electron chi connectivity index (χ2n) is 6.27. The lowest BCUT2D eigenvalue weighted by molar-refractivity contribution is 0.624. The van der Waals surface area contributed by atoms with E-state index in [1.54, 1.807) is 0 Å². The molecular weight excluding hydrogens is 539 g/mol. The van der Waals surface area contributed by atoms with Gasteiger partial charge in [-0.25, -0.2) is 4.39 Å². The van der Waals surface area contributed by atoms with Crippen LogP contribution in [0.4, 0.5) is 10.1 Å². The van der Waals surface area contributed by atoms with Crippen molar-refractivity contribution in [3.8, 4) is 0 Å². The second-order valence-corrected chi connectivity index (χ2v) is 8.95. The van der Waals surface area contributed by atoms with Crippen LogP contribution in [0, 0.1) is 5.82 Å². The Bertz CT molecular complexity index is 1000. The van der Waals surface area contributed by atoms with E-state index in [-0.39, 0.29) is 11.9 Å². The van der Waals surface area contributed by atoms with E-state index in [1.165, 1.54) is 12.1 Å². The summed E-state index contributed by atoms with van der Waals surface area (Å²) in [5.41, 5.74) is 4.09. The molecule has 1 atom stereocenters. The second kappa shape index (κ2) is 7.86.